The Morgan fingerprint density at radius 1 is 1.14 bits per heavy atom. The van der Waals surface area contributed by atoms with Crippen LogP contribution >= 0.6 is 0 Å². The first-order valence-electron chi connectivity index (χ1n) is 12.3. The fourth-order valence-electron chi connectivity index (χ4n) is 5.77. The number of pyridine rings is 1. The van der Waals surface area contributed by atoms with Crippen LogP contribution in [0.5, 0.6) is 0 Å². The molecule has 3 aromatic rings. The summed E-state index contributed by atoms with van der Waals surface area (Å²) in [5, 5.41) is 0.861. The van der Waals surface area contributed by atoms with Gasteiger partial charge in [-0.25, -0.2) is 14.1 Å². The van der Waals surface area contributed by atoms with Crippen molar-refractivity contribution in [3.8, 4) is 0 Å². The predicted octanol–water partition coefficient (Wildman–Crippen LogP) is 6.56. The molecule has 2 fully saturated rings. The third-order valence-electron chi connectivity index (χ3n) is 7.55. The van der Waals surface area contributed by atoms with E-state index in [0.29, 0.717) is 6.42 Å². The maximum Gasteiger partial charge on any atom is 0.417 e. The van der Waals surface area contributed by atoms with Gasteiger partial charge in [0.15, 0.2) is 0 Å². The zero-order valence-corrected chi connectivity index (χ0v) is 19.6. The van der Waals surface area contributed by atoms with Gasteiger partial charge in [0.25, 0.3) is 0 Å². The van der Waals surface area contributed by atoms with E-state index in [1.54, 1.807) is 24.4 Å². The fourth-order valence-corrected chi connectivity index (χ4v) is 5.77. The van der Waals surface area contributed by atoms with E-state index >= 15 is 0 Å². The van der Waals surface area contributed by atoms with Gasteiger partial charge in [0.2, 0.25) is 5.91 Å². The minimum absolute atomic E-state index is 0.145. The quantitative estimate of drug-likeness (QED) is 0.381. The minimum atomic E-state index is -0.572. The van der Waals surface area contributed by atoms with Crippen LogP contribution in [0.25, 0.3) is 10.9 Å². The Kier molecular flexibility index (Phi) is 6.62. The number of aromatic nitrogens is 1. The third-order valence-corrected chi connectivity index (χ3v) is 7.55. The van der Waals surface area contributed by atoms with E-state index in [4.69, 9.17) is 4.74 Å². The molecule has 0 unspecified atom stereocenters. The van der Waals surface area contributed by atoms with Gasteiger partial charge < -0.3 is 4.74 Å². The van der Waals surface area contributed by atoms with Crippen LogP contribution in [-0.2, 0) is 9.53 Å². The number of hydrogen-bond donors (Lipinski definition) is 0. The summed E-state index contributed by atoms with van der Waals surface area (Å²) < 4.78 is 19.2. The summed E-state index contributed by atoms with van der Waals surface area (Å²) in [6.07, 6.45) is 7.00. The number of benzene rings is 2. The molecule has 2 heterocycles. The second-order valence-corrected chi connectivity index (χ2v) is 9.52. The van der Waals surface area contributed by atoms with Crippen molar-refractivity contribution < 1.29 is 18.7 Å². The second-order valence-electron chi connectivity index (χ2n) is 9.52. The number of ether oxygens (including phenoxy) is 1. The normalized spacial score (nSPS) is 23.2. The summed E-state index contributed by atoms with van der Waals surface area (Å²) in [4.78, 5) is 32.0. The summed E-state index contributed by atoms with van der Waals surface area (Å²) in [5.41, 5.74) is 2.81. The Hall–Kier alpha value is -3.54. The number of imide groups is 1. The summed E-state index contributed by atoms with van der Waals surface area (Å²) >= 11 is 0. The molecule has 5 nitrogen and oxygen atoms in total. The monoisotopic (exact) mass is 472 g/mol. The van der Waals surface area contributed by atoms with Crippen LogP contribution < -0.4 is 0 Å². The van der Waals surface area contributed by atoms with Crippen LogP contribution in [0.2, 0.25) is 0 Å². The van der Waals surface area contributed by atoms with Crippen molar-refractivity contribution >= 4 is 22.9 Å². The molecule has 1 aromatic heterocycles. The Bertz CT molecular complexity index is 1240. The summed E-state index contributed by atoms with van der Waals surface area (Å²) in [7, 11) is 0. The van der Waals surface area contributed by atoms with E-state index in [9.17, 15) is 14.0 Å². The highest BCUT2D eigenvalue weighted by Gasteiger charge is 2.43. The molecule has 2 atom stereocenters. The van der Waals surface area contributed by atoms with Crippen molar-refractivity contribution in [1.29, 1.82) is 0 Å². The molecule has 5 rings (SSSR count). The van der Waals surface area contributed by atoms with Crippen LogP contribution in [0, 0.1) is 17.7 Å². The maximum atomic E-state index is 13.9. The molecule has 1 aliphatic carbocycles. The topological polar surface area (TPSA) is 59.5 Å². The molecular weight excluding hydrogens is 443 g/mol. The molecular formula is C29H29FN2O3. The van der Waals surface area contributed by atoms with Gasteiger partial charge >= 0.3 is 6.09 Å². The molecule has 2 aromatic carbocycles. The molecule has 0 spiro atoms. The zero-order valence-electron chi connectivity index (χ0n) is 19.6. The maximum absolute atomic E-state index is 13.9. The molecule has 0 radical (unpaired) electrons. The number of fused-ring (bicyclic) bond motifs is 1. The van der Waals surface area contributed by atoms with Crippen LogP contribution in [0.15, 0.2) is 73.4 Å². The van der Waals surface area contributed by atoms with Crippen LogP contribution in [-0.4, -0.2) is 28.5 Å². The van der Waals surface area contributed by atoms with Gasteiger partial charge in [0, 0.05) is 17.5 Å². The molecule has 0 N–H and O–H groups in total. The first-order chi connectivity index (χ1) is 17.1. The number of allylic oxidation sites excluding steroid dienone is 1. The van der Waals surface area contributed by atoms with Gasteiger partial charge in [-0.05, 0) is 79.3 Å². The fraction of sp³-hybridized carbons (Fsp3) is 0.345. The van der Waals surface area contributed by atoms with E-state index in [0.717, 1.165) is 47.7 Å². The van der Waals surface area contributed by atoms with Gasteiger partial charge in [0.1, 0.15) is 18.5 Å². The minimum Gasteiger partial charge on any atom is -0.446 e. The number of rotatable bonds is 6. The molecule has 1 saturated carbocycles. The Morgan fingerprint density at radius 2 is 1.91 bits per heavy atom. The predicted molar refractivity (Wildman–Crippen MR) is 132 cm³/mol. The number of cyclic esters (lactones) is 1. The SMILES string of the molecule is C=CC[C@@H](C(=O)N1C(=O)OC[C@@H]1c1ccccc1)C1CCC(c2ccnc3ccc(F)cc23)CC1. The Morgan fingerprint density at radius 3 is 2.66 bits per heavy atom. The summed E-state index contributed by atoms with van der Waals surface area (Å²) in [6.45, 7) is 4.05. The number of amides is 2. The molecule has 6 heteroatoms. The van der Waals surface area contributed by atoms with E-state index in [2.05, 4.69) is 11.6 Å². The summed E-state index contributed by atoms with van der Waals surface area (Å²) in [5.74, 6) is -0.334. The van der Waals surface area contributed by atoms with Crippen molar-refractivity contribution in [3.05, 3.63) is 90.4 Å². The van der Waals surface area contributed by atoms with E-state index in [1.165, 1.54) is 11.0 Å². The van der Waals surface area contributed by atoms with Gasteiger partial charge in [-0.1, -0.05) is 36.4 Å². The standard InChI is InChI=1S/C29H29FN2O3/c1-2-6-24(28(33)32-27(18-35-29(32)34)21-7-4-3-5-8-21)20-11-9-19(10-12-20)23-15-16-31-26-14-13-22(30)17-25(23)26/h2-5,7-8,13-17,19-20,24,27H,1,6,9-12,18H2/t19?,20?,24-,27-/m1/s1. The lowest BCUT2D eigenvalue weighted by Gasteiger charge is -2.35. The van der Waals surface area contributed by atoms with E-state index < -0.39 is 12.1 Å². The lowest BCUT2D eigenvalue weighted by Crippen LogP contribution is -2.41. The first kappa shape index (κ1) is 23.2. The number of carbonyl (C=O) groups is 2. The highest BCUT2D eigenvalue weighted by atomic mass is 19.1. The van der Waals surface area contributed by atoms with Gasteiger partial charge in [-0.15, -0.1) is 6.58 Å². The van der Waals surface area contributed by atoms with Gasteiger partial charge in [-0.3, -0.25) is 9.78 Å². The average molecular weight is 473 g/mol. The molecule has 2 aliphatic rings. The molecule has 2 amide bonds. The number of halogens is 1. The lowest BCUT2D eigenvalue weighted by atomic mass is 9.72. The van der Waals surface area contributed by atoms with Crippen molar-refractivity contribution in [1.82, 2.24) is 9.88 Å². The first-order valence-corrected chi connectivity index (χ1v) is 12.3. The van der Waals surface area contributed by atoms with Crippen molar-refractivity contribution in [3.63, 3.8) is 0 Å². The van der Waals surface area contributed by atoms with Gasteiger partial charge in [-0.2, -0.15) is 0 Å². The smallest absolute Gasteiger partial charge is 0.417 e. The van der Waals surface area contributed by atoms with Crippen molar-refractivity contribution in [2.75, 3.05) is 6.61 Å². The molecule has 1 aliphatic heterocycles. The molecule has 1 saturated heterocycles. The largest absolute Gasteiger partial charge is 0.446 e. The lowest BCUT2D eigenvalue weighted by molar-refractivity contribution is -0.135. The Balaban J connectivity index is 1.34. The average Bonchev–Trinajstić information content (AvgIpc) is 3.28. The summed E-state index contributed by atoms with van der Waals surface area (Å²) in [6, 6.07) is 15.9. The number of hydrogen-bond acceptors (Lipinski definition) is 4. The van der Waals surface area contributed by atoms with Gasteiger partial charge in [0.05, 0.1) is 5.52 Å². The van der Waals surface area contributed by atoms with E-state index in [-0.39, 0.29) is 36.1 Å². The molecule has 0 bridgehead atoms. The molecule has 35 heavy (non-hydrogen) atoms. The second kappa shape index (κ2) is 9.98. The van der Waals surface area contributed by atoms with Crippen LogP contribution in [0.4, 0.5) is 9.18 Å². The number of nitrogens with zero attached hydrogens (tertiary/aromatic N) is 2. The van der Waals surface area contributed by atoms with Crippen molar-refractivity contribution in [2.45, 2.75) is 44.1 Å². The van der Waals surface area contributed by atoms with Crippen molar-refractivity contribution in [2.24, 2.45) is 11.8 Å². The number of carbonyl (C=O) groups excluding carboxylic acids is 2. The van der Waals surface area contributed by atoms with Crippen LogP contribution in [0.3, 0.4) is 0 Å². The highest BCUT2D eigenvalue weighted by Crippen LogP contribution is 2.43. The van der Waals surface area contributed by atoms with E-state index in [1.807, 2.05) is 36.4 Å². The zero-order chi connectivity index (χ0) is 24.4. The third kappa shape index (κ3) is 4.57. The van der Waals surface area contributed by atoms with Crippen LogP contribution in [0.1, 0.15) is 55.2 Å². The Labute approximate surface area is 204 Å². The highest BCUT2D eigenvalue weighted by molar-refractivity contribution is 5.95. The molecule has 180 valence electrons.